The van der Waals surface area contributed by atoms with Gasteiger partial charge in [0, 0.05) is 32.2 Å². The first kappa shape index (κ1) is 20.6. The predicted molar refractivity (Wildman–Crippen MR) is 103 cm³/mol. The van der Waals surface area contributed by atoms with Crippen molar-refractivity contribution in [2.24, 2.45) is 0 Å². The summed E-state index contributed by atoms with van der Waals surface area (Å²) < 4.78 is 26.6. The van der Waals surface area contributed by atoms with Crippen LogP contribution < -0.4 is 0 Å². The first-order valence-corrected chi connectivity index (χ1v) is 9.93. The molecule has 0 aliphatic rings. The highest BCUT2D eigenvalue weighted by Gasteiger charge is 2.24. The van der Waals surface area contributed by atoms with E-state index in [-0.39, 0.29) is 16.8 Å². The van der Waals surface area contributed by atoms with Crippen molar-refractivity contribution in [3.05, 3.63) is 65.2 Å². The lowest BCUT2D eigenvalue weighted by molar-refractivity contribution is 0.0785. The van der Waals surface area contributed by atoms with Gasteiger partial charge in [-0.2, -0.15) is 9.57 Å². The molecule has 0 unspecified atom stereocenters. The summed E-state index contributed by atoms with van der Waals surface area (Å²) in [5.41, 5.74) is 1.75. The van der Waals surface area contributed by atoms with E-state index in [2.05, 4.69) is 6.07 Å². The molecule has 2 rings (SSSR count). The highest BCUT2D eigenvalue weighted by Crippen LogP contribution is 2.19. The molecule has 0 atom stereocenters. The van der Waals surface area contributed by atoms with E-state index in [0.29, 0.717) is 17.7 Å². The Labute approximate surface area is 160 Å². The second kappa shape index (κ2) is 8.33. The Kier molecular flexibility index (Phi) is 6.37. The summed E-state index contributed by atoms with van der Waals surface area (Å²) >= 11 is 0. The molecular weight excluding hydrogens is 362 g/mol. The molecular formula is C20H23N3O3S. The van der Waals surface area contributed by atoms with Crippen LogP contribution in [-0.4, -0.2) is 43.7 Å². The van der Waals surface area contributed by atoms with Crippen LogP contribution in [0.3, 0.4) is 0 Å². The smallest absolute Gasteiger partial charge is 0.253 e. The number of nitrogens with zero attached hydrogens (tertiary/aromatic N) is 3. The van der Waals surface area contributed by atoms with Crippen LogP contribution in [0.15, 0.2) is 53.4 Å². The fourth-order valence-electron chi connectivity index (χ4n) is 2.48. The molecule has 0 radical (unpaired) electrons. The van der Waals surface area contributed by atoms with Crippen LogP contribution >= 0.6 is 0 Å². The molecule has 0 fully saturated rings. The second-order valence-corrected chi connectivity index (χ2v) is 8.61. The Balaban J connectivity index is 2.22. The largest absolute Gasteiger partial charge is 0.337 e. The van der Waals surface area contributed by atoms with Gasteiger partial charge >= 0.3 is 0 Å². The lowest BCUT2D eigenvalue weighted by atomic mass is 10.1. The molecule has 0 aliphatic carbocycles. The van der Waals surface area contributed by atoms with Gasteiger partial charge in [0.15, 0.2) is 0 Å². The third-order valence-electron chi connectivity index (χ3n) is 4.33. The number of hydrogen-bond donors (Lipinski definition) is 0. The number of benzene rings is 2. The molecule has 27 heavy (non-hydrogen) atoms. The van der Waals surface area contributed by atoms with E-state index in [1.165, 1.54) is 28.4 Å². The normalized spacial score (nSPS) is 11.4. The second-order valence-electron chi connectivity index (χ2n) is 6.61. The number of nitriles is 1. The van der Waals surface area contributed by atoms with E-state index >= 15 is 0 Å². The third kappa shape index (κ3) is 4.73. The molecule has 0 saturated heterocycles. The quantitative estimate of drug-likeness (QED) is 0.766. The van der Waals surface area contributed by atoms with Crippen molar-refractivity contribution in [3.8, 4) is 6.07 Å². The number of carbonyl (C=O) groups is 1. The van der Waals surface area contributed by atoms with E-state index in [4.69, 9.17) is 5.26 Å². The zero-order chi connectivity index (χ0) is 20.2. The van der Waals surface area contributed by atoms with Crippen LogP contribution in [0.25, 0.3) is 0 Å². The van der Waals surface area contributed by atoms with Gasteiger partial charge in [0.2, 0.25) is 10.0 Å². The van der Waals surface area contributed by atoms with Gasteiger partial charge in [-0.15, -0.1) is 0 Å². The van der Waals surface area contributed by atoms with Crippen LogP contribution in [0.1, 0.15) is 35.3 Å². The molecule has 0 bridgehead atoms. The summed E-state index contributed by atoms with van der Waals surface area (Å²) in [6, 6.07) is 14.9. The standard InChI is InChI=1S/C20H23N3O3S/c1-15(2)23(4)27(25,26)19-7-5-6-18(12-19)20(24)22(3)14-17-10-8-16(13-21)9-11-17/h5-12,15H,14H2,1-4H3. The highest BCUT2D eigenvalue weighted by atomic mass is 32.2. The molecule has 0 N–H and O–H groups in total. The molecule has 0 heterocycles. The van der Waals surface area contributed by atoms with Crippen molar-refractivity contribution in [1.82, 2.24) is 9.21 Å². The maximum atomic E-state index is 12.7. The van der Waals surface area contributed by atoms with Crippen LogP contribution in [-0.2, 0) is 16.6 Å². The molecule has 0 aliphatic heterocycles. The number of sulfonamides is 1. The summed E-state index contributed by atoms with van der Waals surface area (Å²) in [5, 5.41) is 8.85. The van der Waals surface area contributed by atoms with Crippen molar-refractivity contribution in [1.29, 1.82) is 5.26 Å². The van der Waals surface area contributed by atoms with E-state index < -0.39 is 10.0 Å². The van der Waals surface area contributed by atoms with Gasteiger partial charge in [0.1, 0.15) is 0 Å². The molecule has 2 aromatic carbocycles. The first-order chi connectivity index (χ1) is 12.7. The van der Waals surface area contributed by atoms with Crippen molar-refractivity contribution in [2.45, 2.75) is 31.3 Å². The van der Waals surface area contributed by atoms with E-state index in [9.17, 15) is 13.2 Å². The van der Waals surface area contributed by atoms with Crippen LogP contribution in [0, 0.1) is 11.3 Å². The van der Waals surface area contributed by atoms with Crippen molar-refractivity contribution >= 4 is 15.9 Å². The van der Waals surface area contributed by atoms with Gasteiger partial charge in [-0.25, -0.2) is 8.42 Å². The number of hydrogen-bond acceptors (Lipinski definition) is 4. The Morgan fingerprint density at radius 2 is 1.74 bits per heavy atom. The minimum absolute atomic E-state index is 0.0938. The Morgan fingerprint density at radius 3 is 2.30 bits per heavy atom. The van der Waals surface area contributed by atoms with Gasteiger partial charge in [0.25, 0.3) is 5.91 Å². The van der Waals surface area contributed by atoms with Gasteiger partial charge in [0.05, 0.1) is 16.5 Å². The summed E-state index contributed by atoms with van der Waals surface area (Å²) in [5.74, 6) is -0.274. The lowest BCUT2D eigenvalue weighted by Crippen LogP contribution is -2.33. The summed E-state index contributed by atoms with van der Waals surface area (Å²) in [6.45, 7) is 3.93. The van der Waals surface area contributed by atoms with Gasteiger partial charge < -0.3 is 4.90 Å². The number of amides is 1. The average Bonchev–Trinajstić information content (AvgIpc) is 2.67. The average molecular weight is 385 g/mol. The lowest BCUT2D eigenvalue weighted by Gasteiger charge is -2.22. The minimum atomic E-state index is -3.65. The van der Waals surface area contributed by atoms with Gasteiger partial charge in [-0.05, 0) is 49.7 Å². The minimum Gasteiger partial charge on any atom is -0.337 e. The number of rotatable bonds is 6. The van der Waals surface area contributed by atoms with Crippen molar-refractivity contribution in [2.75, 3.05) is 14.1 Å². The third-order valence-corrected chi connectivity index (χ3v) is 6.36. The molecule has 1 amide bonds. The molecule has 6 nitrogen and oxygen atoms in total. The van der Waals surface area contributed by atoms with Gasteiger partial charge in [-0.3, -0.25) is 4.79 Å². The van der Waals surface area contributed by atoms with E-state index in [1.54, 1.807) is 57.3 Å². The number of carbonyl (C=O) groups excluding carboxylic acids is 1. The Hall–Kier alpha value is -2.69. The monoisotopic (exact) mass is 385 g/mol. The highest BCUT2D eigenvalue weighted by molar-refractivity contribution is 7.89. The van der Waals surface area contributed by atoms with E-state index in [1.807, 2.05) is 0 Å². The first-order valence-electron chi connectivity index (χ1n) is 8.49. The molecule has 7 heteroatoms. The summed E-state index contributed by atoms with van der Waals surface area (Å²) in [4.78, 5) is 14.3. The van der Waals surface area contributed by atoms with Crippen LogP contribution in [0.4, 0.5) is 0 Å². The fraction of sp³-hybridized carbons (Fsp3) is 0.300. The molecule has 0 spiro atoms. The fourth-order valence-corrected chi connectivity index (χ4v) is 3.90. The molecule has 142 valence electrons. The van der Waals surface area contributed by atoms with Crippen molar-refractivity contribution in [3.63, 3.8) is 0 Å². The zero-order valence-electron chi connectivity index (χ0n) is 15.9. The topological polar surface area (TPSA) is 81.5 Å². The van der Waals surface area contributed by atoms with Gasteiger partial charge in [-0.1, -0.05) is 18.2 Å². The van der Waals surface area contributed by atoms with E-state index in [0.717, 1.165) is 5.56 Å². The zero-order valence-corrected chi connectivity index (χ0v) is 16.7. The van der Waals surface area contributed by atoms with Crippen LogP contribution in [0.5, 0.6) is 0 Å². The molecule has 0 aromatic heterocycles. The van der Waals surface area contributed by atoms with Crippen LogP contribution in [0.2, 0.25) is 0 Å². The predicted octanol–water partition coefficient (Wildman–Crippen LogP) is 2.86. The Bertz CT molecular complexity index is 961. The molecule has 2 aromatic rings. The SMILES string of the molecule is CC(C)N(C)S(=O)(=O)c1cccc(C(=O)N(C)Cc2ccc(C#N)cc2)c1. The Morgan fingerprint density at radius 1 is 1.11 bits per heavy atom. The maximum Gasteiger partial charge on any atom is 0.253 e. The maximum absolute atomic E-state index is 12.7. The summed E-state index contributed by atoms with van der Waals surface area (Å²) in [6.07, 6.45) is 0. The summed E-state index contributed by atoms with van der Waals surface area (Å²) in [7, 11) is -0.480. The molecule has 0 saturated carbocycles. The van der Waals surface area contributed by atoms with Crippen molar-refractivity contribution < 1.29 is 13.2 Å².